The van der Waals surface area contributed by atoms with E-state index < -0.39 is 23.1 Å². The Kier molecular flexibility index (Phi) is 4.74. The molecule has 21 heavy (non-hydrogen) atoms. The van der Waals surface area contributed by atoms with E-state index in [9.17, 15) is 14.4 Å². The molecule has 0 N–H and O–H groups in total. The normalized spacial score (nSPS) is 10.4. The Bertz CT molecular complexity index is 749. The first-order chi connectivity index (χ1) is 10.1. The van der Waals surface area contributed by atoms with Crippen molar-refractivity contribution in [1.82, 2.24) is 0 Å². The molecule has 0 aliphatic rings. The van der Waals surface area contributed by atoms with Gasteiger partial charge >= 0.3 is 17.6 Å². The zero-order chi connectivity index (χ0) is 15.4. The average Bonchev–Trinajstić information content (AvgIpc) is 2.47. The highest BCUT2D eigenvalue weighted by Crippen LogP contribution is 2.28. The number of fused-ring (bicyclic) bond motifs is 1. The van der Waals surface area contributed by atoms with Gasteiger partial charge in [-0.2, -0.15) is 0 Å². The molecule has 0 amide bonds. The van der Waals surface area contributed by atoms with E-state index in [1.807, 2.05) is 0 Å². The number of carbonyl (C=O) groups is 2. The minimum Gasteiger partial charge on any atom is -0.462 e. The summed E-state index contributed by atoms with van der Waals surface area (Å²) >= 11 is 2.95. The third kappa shape index (κ3) is 3.13. The number of esters is 2. The molecule has 0 saturated carbocycles. The standard InChI is InChI=1S/C14H11BrO6/c1-2-19-13(17)11-12(21-10(16)7-15)8-5-3-4-6-9(8)20-14(11)18/h3-6H,2,7H2,1H3. The van der Waals surface area contributed by atoms with Crippen molar-refractivity contribution in [1.29, 1.82) is 0 Å². The fourth-order valence-electron chi connectivity index (χ4n) is 1.75. The summed E-state index contributed by atoms with van der Waals surface area (Å²) in [5.74, 6) is -1.68. The van der Waals surface area contributed by atoms with Gasteiger partial charge < -0.3 is 13.9 Å². The van der Waals surface area contributed by atoms with Crippen molar-refractivity contribution < 1.29 is 23.5 Å². The average molecular weight is 355 g/mol. The van der Waals surface area contributed by atoms with Gasteiger partial charge in [-0.05, 0) is 19.1 Å². The molecule has 7 heteroatoms. The van der Waals surface area contributed by atoms with Gasteiger partial charge in [-0.1, -0.05) is 28.1 Å². The van der Waals surface area contributed by atoms with Gasteiger partial charge in [-0.3, -0.25) is 4.79 Å². The summed E-state index contributed by atoms with van der Waals surface area (Å²) in [7, 11) is 0. The predicted molar refractivity (Wildman–Crippen MR) is 77.9 cm³/mol. The maximum atomic E-state index is 12.0. The first kappa shape index (κ1) is 15.2. The van der Waals surface area contributed by atoms with E-state index in [0.717, 1.165) is 0 Å². The topological polar surface area (TPSA) is 82.8 Å². The van der Waals surface area contributed by atoms with E-state index in [4.69, 9.17) is 13.9 Å². The summed E-state index contributed by atoms with van der Waals surface area (Å²) in [6.45, 7) is 1.68. The number of benzene rings is 1. The monoisotopic (exact) mass is 354 g/mol. The lowest BCUT2D eigenvalue weighted by molar-refractivity contribution is -0.131. The molecule has 1 aromatic heterocycles. The number of carbonyl (C=O) groups excluding carboxylic acids is 2. The van der Waals surface area contributed by atoms with Gasteiger partial charge in [0.25, 0.3) is 0 Å². The molecular formula is C14H11BrO6. The van der Waals surface area contributed by atoms with Gasteiger partial charge in [-0.25, -0.2) is 9.59 Å². The Hall–Kier alpha value is -2.15. The van der Waals surface area contributed by atoms with Crippen molar-refractivity contribution in [2.45, 2.75) is 6.92 Å². The number of hydrogen-bond acceptors (Lipinski definition) is 6. The van der Waals surface area contributed by atoms with Crippen LogP contribution in [0.1, 0.15) is 17.3 Å². The third-order valence-electron chi connectivity index (χ3n) is 2.57. The van der Waals surface area contributed by atoms with Crippen LogP contribution in [0.2, 0.25) is 0 Å². The highest BCUT2D eigenvalue weighted by Gasteiger charge is 2.25. The molecule has 0 spiro atoms. The van der Waals surface area contributed by atoms with Gasteiger partial charge in [-0.15, -0.1) is 0 Å². The van der Waals surface area contributed by atoms with E-state index in [0.29, 0.717) is 5.39 Å². The molecule has 1 aromatic carbocycles. The Morgan fingerprint density at radius 1 is 1.29 bits per heavy atom. The van der Waals surface area contributed by atoms with E-state index in [-0.39, 0.29) is 23.3 Å². The van der Waals surface area contributed by atoms with Crippen LogP contribution in [0.25, 0.3) is 11.0 Å². The molecule has 110 valence electrons. The van der Waals surface area contributed by atoms with Gasteiger partial charge in [0.2, 0.25) is 0 Å². The highest BCUT2D eigenvalue weighted by atomic mass is 79.9. The Balaban J connectivity index is 2.72. The number of rotatable bonds is 4. The quantitative estimate of drug-likeness (QED) is 0.475. The molecule has 0 aliphatic heterocycles. The first-order valence-corrected chi connectivity index (χ1v) is 7.20. The summed E-state index contributed by atoms with van der Waals surface area (Å²) in [6.07, 6.45) is 0. The molecule has 6 nitrogen and oxygen atoms in total. The van der Waals surface area contributed by atoms with Crippen LogP contribution >= 0.6 is 15.9 Å². The molecule has 0 aliphatic carbocycles. The fraction of sp³-hybridized carbons (Fsp3) is 0.214. The van der Waals surface area contributed by atoms with Crippen molar-refractivity contribution in [2.75, 3.05) is 11.9 Å². The van der Waals surface area contributed by atoms with Gasteiger partial charge in [0, 0.05) is 0 Å². The molecule has 0 bridgehead atoms. The molecule has 2 rings (SSSR count). The van der Waals surface area contributed by atoms with Crippen molar-refractivity contribution in [3.63, 3.8) is 0 Å². The summed E-state index contributed by atoms with van der Waals surface area (Å²) in [4.78, 5) is 35.4. The Morgan fingerprint density at radius 3 is 2.67 bits per heavy atom. The molecule has 1 heterocycles. The minimum absolute atomic E-state index is 0.0795. The second-order valence-corrected chi connectivity index (χ2v) is 4.48. The number of hydrogen-bond donors (Lipinski definition) is 0. The molecule has 0 unspecified atom stereocenters. The van der Waals surface area contributed by atoms with E-state index in [1.165, 1.54) is 6.07 Å². The molecule has 0 fully saturated rings. The zero-order valence-electron chi connectivity index (χ0n) is 11.1. The minimum atomic E-state index is -0.912. The van der Waals surface area contributed by atoms with Crippen LogP contribution in [0.15, 0.2) is 33.5 Å². The van der Waals surface area contributed by atoms with Gasteiger partial charge in [0.05, 0.1) is 12.0 Å². The molecule has 0 saturated heterocycles. The molecule has 0 atom stereocenters. The summed E-state index contributed by atoms with van der Waals surface area (Å²) in [5.41, 5.74) is -1.12. The molecule has 2 aromatic rings. The summed E-state index contributed by atoms with van der Waals surface area (Å²) in [6, 6.07) is 6.45. The number of alkyl halides is 1. The largest absolute Gasteiger partial charge is 0.462 e. The lowest BCUT2D eigenvalue weighted by atomic mass is 10.1. The van der Waals surface area contributed by atoms with Crippen LogP contribution in [0.3, 0.4) is 0 Å². The van der Waals surface area contributed by atoms with Gasteiger partial charge in [0.15, 0.2) is 11.3 Å². The number of halogens is 1. The highest BCUT2D eigenvalue weighted by molar-refractivity contribution is 9.09. The predicted octanol–water partition coefficient (Wildman–Crippen LogP) is 2.27. The molecule has 0 radical (unpaired) electrons. The summed E-state index contributed by atoms with van der Waals surface area (Å²) in [5, 5.41) is 0.263. The van der Waals surface area contributed by atoms with Crippen LogP contribution in [-0.2, 0) is 9.53 Å². The van der Waals surface area contributed by atoms with E-state index >= 15 is 0 Å². The van der Waals surface area contributed by atoms with Crippen molar-refractivity contribution >= 4 is 38.8 Å². The Labute approximate surface area is 127 Å². The fourth-order valence-corrected chi connectivity index (χ4v) is 1.86. The van der Waals surface area contributed by atoms with Crippen LogP contribution in [0.5, 0.6) is 5.75 Å². The smallest absolute Gasteiger partial charge is 0.354 e. The first-order valence-electron chi connectivity index (χ1n) is 6.08. The van der Waals surface area contributed by atoms with Crippen molar-refractivity contribution in [2.24, 2.45) is 0 Å². The van der Waals surface area contributed by atoms with Crippen LogP contribution in [0.4, 0.5) is 0 Å². The number of ether oxygens (including phenoxy) is 2. The second kappa shape index (κ2) is 6.53. The molecular weight excluding hydrogens is 344 g/mol. The van der Waals surface area contributed by atoms with Crippen LogP contribution in [0, 0.1) is 0 Å². The number of para-hydroxylation sites is 1. The van der Waals surface area contributed by atoms with Crippen LogP contribution < -0.4 is 10.4 Å². The summed E-state index contributed by atoms with van der Waals surface area (Å²) < 4.78 is 15.0. The Morgan fingerprint density at radius 2 is 2.00 bits per heavy atom. The lowest BCUT2D eigenvalue weighted by Crippen LogP contribution is -2.21. The lowest BCUT2D eigenvalue weighted by Gasteiger charge is -2.10. The van der Waals surface area contributed by atoms with E-state index in [2.05, 4.69) is 15.9 Å². The SMILES string of the molecule is CCOC(=O)c1c(OC(=O)CBr)c2ccccc2oc1=O. The van der Waals surface area contributed by atoms with Crippen LogP contribution in [-0.4, -0.2) is 23.9 Å². The van der Waals surface area contributed by atoms with Crippen molar-refractivity contribution in [3.8, 4) is 5.75 Å². The van der Waals surface area contributed by atoms with Gasteiger partial charge in [0.1, 0.15) is 10.9 Å². The van der Waals surface area contributed by atoms with E-state index in [1.54, 1.807) is 25.1 Å². The maximum absolute atomic E-state index is 12.0. The van der Waals surface area contributed by atoms with Crippen molar-refractivity contribution in [3.05, 3.63) is 40.2 Å². The third-order valence-corrected chi connectivity index (χ3v) is 3.03. The second-order valence-electron chi connectivity index (χ2n) is 3.92. The maximum Gasteiger partial charge on any atom is 0.354 e. The zero-order valence-corrected chi connectivity index (χ0v) is 12.6.